The van der Waals surface area contributed by atoms with Crippen LogP contribution in [0, 0.1) is 22.7 Å². The van der Waals surface area contributed by atoms with Crippen LogP contribution in [0.4, 0.5) is 47.3 Å². The maximum absolute atomic E-state index is 14.9. The first-order valence-electron chi connectivity index (χ1n) is 23.1. The number of alkyl halides is 6. The molecule has 13 nitrogen and oxygen atoms in total. The lowest BCUT2D eigenvalue weighted by Crippen LogP contribution is -3.00. The van der Waals surface area contributed by atoms with E-state index in [-0.39, 0.29) is 102 Å². The van der Waals surface area contributed by atoms with Crippen molar-refractivity contribution in [2.75, 3.05) is 76.3 Å². The second kappa shape index (κ2) is 20.5. The highest BCUT2D eigenvalue weighted by molar-refractivity contribution is 6.08. The highest BCUT2D eigenvalue weighted by atomic mass is 79.9. The molecule has 4 aromatic rings. The number of likely N-dealkylation sites (N-methyl/N-ethyl adjacent to an activating group) is 2. The molecule has 0 N–H and O–H groups in total. The Labute approximate surface area is 423 Å². The van der Waals surface area contributed by atoms with Crippen LogP contribution in [0.15, 0.2) is 120 Å². The third-order valence-corrected chi connectivity index (χ3v) is 13.6. The Bertz CT molecular complexity index is 2730. The molecule has 8 rings (SSSR count). The number of halogens is 7. The predicted octanol–water partition coefficient (Wildman–Crippen LogP) is 6.23. The minimum Gasteiger partial charge on any atom is -1.00 e. The Morgan fingerprint density at radius 3 is 1.26 bits per heavy atom. The number of nitrogens with zero attached hydrogens (tertiary/aromatic N) is 9. The van der Waals surface area contributed by atoms with Gasteiger partial charge in [-0.2, -0.15) is 36.9 Å². The van der Waals surface area contributed by atoms with Crippen molar-refractivity contribution in [2.45, 2.75) is 51.1 Å². The van der Waals surface area contributed by atoms with Crippen molar-refractivity contribution in [2.24, 2.45) is 0 Å². The van der Waals surface area contributed by atoms with E-state index >= 15 is 0 Å². The van der Waals surface area contributed by atoms with Crippen LogP contribution < -0.4 is 26.8 Å². The molecule has 6 amide bonds. The quantitative estimate of drug-likeness (QED) is 0.109. The number of rotatable bonds is 14. The second-order valence-electron chi connectivity index (χ2n) is 18.4. The van der Waals surface area contributed by atoms with Crippen LogP contribution in [-0.2, 0) is 21.9 Å². The largest absolute Gasteiger partial charge is 1.00 e. The van der Waals surface area contributed by atoms with Crippen LogP contribution in [0.3, 0.4) is 0 Å². The summed E-state index contributed by atoms with van der Waals surface area (Å²) in [5.41, 5.74) is 0.768. The molecule has 0 saturated heterocycles. The highest BCUT2D eigenvalue weighted by Gasteiger charge is 2.50. The Morgan fingerprint density at radius 2 is 0.944 bits per heavy atom. The monoisotopic (exact) mass is 1060 g/mol. The van der Waals surface area contributed by atoms with Crippen molar-refractivity contribution in [3.63, 3.8) is 0 Å². The van der Waals surface area contributed by atoms with Crippen LogP contribution in [0.5, 0.6) is 0 Å². The first kappa shape index (κ1) is 52.7. The highest BCUT2D eigenvalue weighted by Crippen LogP contribution is 2.46. The molecule has 0 aromatic heterocycles. The number of carbonyl (C=O) groups excluding carboxylic acids is 4. The molecule has 72 heavy (non-hydrogen) atoms. The van der Waals surface area contributed by atoms with Gasteiger partial charge in [-0.05, 0) is 85.6 Å². The third kappa shape index (κ3) is 10.0. The molecule has 376 valence electrons. The van der Waals surface area contributed by atoms with Crippen molar-refractivity contribution in [3.05, 3.63) is 153 Å². The van der Waals surface area contributed by atoms with Crippen molar-refractivity contribution in [3.8, 4) is 12.1 Å². The smallest absolute Gasteiger partial charge is 0.416 e. The normalized spacial score (nSPS) is 18.4. The van der Waals surface area contributed by atoms with Gasteiger partial charge in [0.1, 0.15) is 0 Å². The van der Waals surface area contributed by atoms with Crippen molar-refractivity contribution in [1.29, 1.82) is 10.5 Å². The molecule has 0 unspecified atom stereocenters. The Kier molecular flexibility index (Phi) is 15.0. The van der Waals surface area contributed by atoms with E-state index in [2.05, 4.69) is 12.1 Å². The van der Waals surface area contributed by atoms with E-state index in [0.29, 0.717) is 52.7 Å². The molecule has 0 radical (unpaired) electrons. The molecule has 0 spiro atoms. The summed E-state index contributed by atoms with van der Waals surface area (Å²) in [6, 6.07) is 22.8. The minimum atomic E-state index is -4.71. The van der Waals surface area contributed by atoms with Crippen LogP contribution in [-0.4, -0.2) is 114 Å². The summed E-state index contributed by atoms with van der Waals surface area (Å²) >= 11 is 0. The second-order valence-corrected chi connectivity index (χ2v) is 18.4. The van der Waals surface area contributed by atoms with E-state index in [0.717, 1.165) is 24.3 Å². The number of hydrogen-bond donors (Lipinski definition) is 0. The number of nitriles is 2. The van der Waals surface area contributed by atoms with Gasteiger partial charge in [0.05, 0.1) is 121 Å². The number of urea groups is 2. The molecule has 4 aromatic carbocycles. The lowest BCUT2D eigenvalue weighted by Gasteiger charge is -2.43. The number of benzene rings is 4. The van der Waals surface area contributed by atoms with Gasteiger partial charge in [-0.25, -0.2) is 9.59 Å². The lowest BCUT2D eigenvalue weighted by atomic mass is 9.92. The summed E-state index contributed by atoms with van der Waals surface area (Å²) in [4.78, 5) is 66.6. The number of amides is 6. The van der Waals surface area contributed by atoms with Gasteiger partial charge < -0.3 is 41.1 Å². The summed E-state index contributed by atoms with van der Waals surface area (Å²) in [5, 5.41) is 19.1. The van der Waals surface area contributed by atoms with Gasteiger partial charge in [-0.3, -0.25) is 19.4 Å². The zero-order chi connectivity index (χ0) is 51.2. The predicted molar refractivity (Wildman–Crippen MR) is 249 cm³/mol. The third-order valence-electron chi connectivity index (χ3n) is 13.6. The Hall–Kier alpha value is -7.16. The Balaban J connectivity index is 0.00000760. The van der Waals surface area contributed by atoms with E-state index in [1.807, 2.05) is 14.1 Å². The Morgan fingerprint density at radius 1 is 0.583 bits per heavy atom. The SMILES string of the molecule is CCN1CC2=C(C1=O)[C@@H](c1ccc(C#N)cc1)N(CCC[N+](C)(C)CCCN1C(=O)N(c3cccc(C(F)(F)F)c3)C3=C(C(=O)N(CC)C3)[C@H]1c1ccc(C#N)cc1)C(=O)N2c1cccc(C(F)(F)F)c1.[Br-]. The molecule has 4 aliphatic heterocycles. The molecule has 0 fully saturated rings. The summed E-state index contributed by atoms with van der Waals surface area (Å²) in [6.07, 6.45) is -8.74. The molecule has 4 aliphatic rings. The number of hydrogen-bond acceptors (Lipinski definition) is 6. The van der Waals surface area contributed by atoms with Crippen molar-refractivity contribution >= 4 is 35.3 Å². The number of anilines is 2. The van der Waals surface area contributed by atoms with Crippen LogP contribution in [0.2, 0.25) is 0 Å². The van der Waals surface area contributed by atoms with E-state index in [1.54, 1.807) is 62.4 Å². The first-order valence-corrected chi connectivity index (χ1v) is 23.1. The first-order chi connectivity index (χ1) is 33.7. The summed E-state index contributed by atoms with van der Waals surface area (Å²) in [7, 11) is 3.88. The average Bonchev–Trinajstić information content (AvgIpc) is 3.85. The van der Waals surface area contributed by atoms with E-state index in [1.165, 1.54) is 53.7 Å². The van der Waals surface area contributed by atoms with E-state index in [4.69, 9.17) is 0 Å². The van der Waals surface area contributed by atoms with Gasteiger partial charge in [0, 0.05) is 39.0 Å². The fraction of sp³-hybridized carbons (Fsp3) is 0.346. The molecule has 0 aliphatic carbocycles. The molecule has 0 saturated carbocycles. The van der Waals surface area contributed by atoms with Crippen molar-refractivity contribution < 1.29 is 67.0 Å². The number of carbonyl (C=O) groups is 4. The van der Waals surface area contributed by atoms with Gasteiger partial charge in [-0.1, -0.05) is 36.4 Å². The van der Waals surface area contributed by atoms with E-state index in [9.17, 15) is 56.0 Å². The maximum atomic E-state index is 14.9. The van der Waals surface area contributed by atoms with Crippen LogP contribution in [0.1, 0.15) is 72.2 Å². The minimum absolute atomic E-state index is 0. The van der Waals surface area contributed by atoms with Gasteiger partial charge in [0.2, 0.25) is 0 Å². The summed E-state index contributed by atoms with van der Waals surface area (Å²) in [5.74, 6) is -0.740. The average molecular weight is 1060 g/mol. The molecular weight excluding hydrogens is 1010 g/mol. The van der Waals surface area contributed by atoms with Gasteiger partial charge in [0.25, 0.3) is 11.8 Å². The van der Waals surface area contributed by atoms with Crippen molar-refractivity contribution in [1.82, 2.24) is 19.6 Å². The van der Waals surface area contributed by atoms with Crippen LogP contribution >= 0.6 is 0 Å². The maximum Gasteiger partial charge on any atom is 0.416 e. The standard InChI is InChI=1S/C52H50F6N9O4.BrH/c1-5-61-31-41-43(47(61)68)45(35-19-15-33(29-59)16-20-35)63(49(70)65(41)39-13-7-11-37(27-39)51(53,54)55)23-9-25-67(3,4)26-10-24-64-46(36-21-17-34(30-60)18-22-36)44-42(32-62(6-2)48(44)69)66(50(64)71)40-14-8-12-38(28-40)52(56,57)58;/h7-8,11-22,27-28,45-46H,5-6,9-10,23-26,31-32H2,1-4H3;1H/q+1;/p-1/t45-,46-;/m1./s1. The van der Waals surface area contributed by atoms with Gasteiger partial charge in [-0.15, -0.1) is 0 Å². The van der Waals surface area contributed by atoms with Gasteiger partial charge >= 0.3 is 24.4 Å². The summed E-state index contributed by atoms with van der Waals surface area (Å²) < 4.78 is 84.6. The molecule has 4 heterocycles. The summed E-state index contributed by atoms with van der Waals surface area (Å²) in [6.45, 7) is 5.03. The zero-order valence-electron chi connectivity index (χ0n) is 39.8. The molecular formula is C52H50BrF6N9O4. The fourth-order valence-electron chi connectivity index (χ4n) is 9.97. The fourth-order valence-corrected chi connectivity index (χ4v) is 9.97. The van der Waals surface area contributed by atoms with Crippen LogP contribution in [0.25, 0.3) is 0 Å². The molecule has 0 bridgehead atoms. The molecule has 20 heteroatoms. The van der Waals surface area contributed by atoms with E-state index < -0.39 is 47.6 Å². The topological polar surface area (TPSA) is 135 Å². The number of quaternary nitrogens is 1. The molecule has 2 atom stereocenters. The zero-order valence-corrected chi connectivity index (χ0v) is 41.4. The van der Waals surface area contributed by atoms with Gasteiger partial charge in [0.15, 0.2) is 0 Å². The lowest BCUT2D eigenvalue weighted by molar-refractivity contribution is -0.890.